The Bertz CT molecular complexity index is 335. The second-order valence-corrected chi connectivity index (χ2v) is 4.13. The lowest BCUT2D eigenvalue weighted by Crippen LogP contribution is -1.94. The minimum Gasteiger partial charge on any atom is -0.389 e. The Kier molecular flexibility index (Phi) is 3.73. The third-order valence-corrected chi connectivity index (χ3v) is 3.16. The van der Waals surface area contributed by atoms with E-state index in [9.17, 15) is 5.11 Å². The fourth-order valence-electron chi connectivity index (χ4n) is 0.963. The molecule has 72 valence electrons. The summed E-state index contributed by atoms with van der Waals surface area (Å²) in [6.45, 7) is 1.55. The molecule has 1 N–H and O–H groups in total. The molecule has 0 bridgehead atoms. The van der Waals surface area contributed by atoms with Gasteiger partial charge in [0.1, 0.15) is 0 Å². The Balaban J connectivity index is 3.44. The fourth-order valence-corrected chi connectivity index (χ4v) is 2.20. The lowest BCUT2D eigenvalue weighted by Gasteiger charge is -2.11. The molecule has 0 radical (unpaired) electrons. The number of aliphatic hydroxyl groups excluding tert-OH is 1. The molecule has 1 nitrogen and oxygen atoms in total. The van der Waals surface area contributed by atoms with E-state index < -0.39 is 6.10 Å². The van der Waals surface area contributed by atoms with Gasteiger partial charge in [-0.15, -0.1) is 0 Å². The van der Waals surface area contributed by atoms with Crippen molar-refractivity contribution in [2.24, 2.45) is 0 Å². The van der Waals surface area contributed by atoms with Crippen LogP contribution in [0, 0.1) is 0 Å². The van der Waals surface area contributed by atoms with Crippen molar-refractivity contribution in [3.05, 3.63) is 31.7 Å². The zero-order chi connectivity index (χ0) is 10.2. The first-order chi connectivity index (χ1) is 5.95. The minimum atomic E-state index is -0.769. The van der Waals surface area contributed by atoms with Gasteiger partial charge in [-0.05, 0) is 13.0 Å². The largest absolute Gasteiger partial charge is 0.389 e. The van der Waals surface area contributed by atoms with Gasteiger partial charge in [-0.3, -0.25) is 0 Å². The summed E-state index contributed by atoms with van der Waals surface area (Å²) in [4.78, 5) is 0. The summed E-state index contributed by atoms with van der Waals surface area (Å²) in [6, 6.07) is 1.46. The lowest BCUT2D eigenvalue weighted by molar-refractivity contribution is 0.199. The zero-order valence-electron chi connectivity index (χ0n) is 6.61. The maximum absolute atomic E-state index is 9.33. The van der Waals surface area contributed by atoms with Crippen molar-refractivity contribution in [2.45, 2.75) is 13.0 Å². The molecule has 0 fully saturated rings. The highest BCUT2D eigenvalue weighted by Crippen LogP contribution is 2.40. The summed E-state index contributed by atoms with van der Waals surface area (Å²) in [7, 11) is 0. The highest BCUT2D eigenvalue weighted by molar-refractivity contribution is 6.49. The van der Waals surface area contributed by atoms with Crippen molar-refractivity contribution in [3.8, 4) is 0 Å². The average Bonchev–Trinajstić information content (AvgIpc) is 1.99. The normalized spacial score (nSPS) is 13.1. The molecule has 1 rings (SSSR count). The van der Waals surface area contributed by atoms with Crippen LogP contribution in [-0.2, 0) is 0 Å². The molecule has 1 aromatic rings. The fraction of sp³-hybridized carbons (Fsp3) is 0.250. The number of benzene rings is 1. The molecule has 0 saturated heterocycles. The van der Waals surface area contributed by atoms with Gasteiger partial charge in [0.05, 0.1) is 21.2 Å². The molecular weight excluding hydrogens is 254 g/mol. The van der Waals surface area contributed by atoms with Crippen molar-refractivity contribution in [3.63, 3.8) is 0 Å². The van der Waals surface area contributed by atoms with E-state index in [0.29, 0.717) is 10.6 Å². The topological polar surface area (TPSA) is 20.2 Å². The van der Waals surface area contributed by atoms with E-state index in [1.807, 2.05) is 0 Å². The van der Waals surface area contributed by atoms with Crippen molar-refractivity contribution in [2.75, 3.05) is 0 Å². The van der Waals surface area contributed by atoms with Crippen LogP contribution < -0.4 is 0 Å². The van der Waals surface area contributed by atoms with Crippen LogP contribution in [0.3, 0.4) is 0 Å². The van der Waals surface area contributed by atoms with Crippen LogP contribution in [0.4, 0.5) is 0 Å². The molecule has 1 aromatic carbocycles. The SMILES string of the molecule is C[C@H](O)c1c(Cl)cc(Cl)c(Cl)c1Cl. The Hall–Kier alpha value is 0.340. The number of rotatable bonds is 1. The molecule has 0 amide bonds. The molecule has 0 aliphatic carbocycles. The molecular formula is C8H6Cl4O. The Morgan fingerprint density at radius 1 is 1.08 bits per heavy atom. The number of aliphatic hydroxyl groups is 1. The van der Waals surface area contributed by atoms with Crippen molar-refractivity contribution in [1.82, 2.24) is 0 Å². The molecule has 1 atom stereocenters. The molecule has 13 heavy (non-hydrogen) atoms. The van der Waals surface area contributed by atoms with Gasteiger partial charge in [0, 0.05) is 10.6 Å². The molecule has 0 unspecified atom stereocenters. The maximum Gasteiger partial charge on any atom is 0.0791 e. The van der Waals surface area contributed by atoms with E-state index in [1.165, 1.54) is 6.07 Å². The first-order valence-corrected chi connectivity index (χ1v) is 4.97. The number of hydrogen-bond acceptors (Lipinski definition) is 1. The van der Waals surface area contributed by atoms with Gasteiger partial charge in [-0.1, -0.05) is 46.4 Å². The minimum absolute atomic E-state index is 0.203. The smallest absolute Gasteiger partial charge is 0.0791 e. The predicted molar refractivity (Wildman–Crippen MR) is 57.1 cm³/mol. The van der Waals surface area contributed by atoms with Gasteiger partial charge in [0.2, 0.25) is 0 Å². The molecule has 0 spiro atoms. The molecule has 0 aromatic heterocycles. The summed E-state index contributed by atoms with van der Waals surface area (Å²) in [6.07, 6.45) is -0.769. The van der Waals surface area contributed by atoms with E-state index in [1.54, 1.807) is 6.92 Å². The predicted octanol–water partition coefficient (Wildman–Crippen LogP) is 4.35. The van der Waals surface area contributed by atoms with Crippen LogP contribution >= 0.6 is 46.4 Å². The van der Waals surface area contributed by atoms with Gasteiger partial charge >= 0.3 is 0 Å². The standard InChI is InChI=1S/C8H6Cl4O/c1-3(13)6-4(9)2-5(10)7(11)8(6)12/h2-3,13H,1H3/t3-/m0/s1. The summed E-state index contributed by atoms with van der Waals surface area (Å²) in [5.41, 5.74) is 0.401. The summed E-state index contributed by atoms with van der Waals surface area (Å²) >= 11 is 23.1. The van der Waals surface area contributed by atoms with Crippen molar-refractivity contribution in [1.29, 1.82) is 0 Å². The van der Waals surface area contributed by atoms with Crippen LogP contribution in [0.25, 0.3) is 0 Å². The Morgan fingerprint density at radius 3 is 2.08 bits per heavy atom. The summed E-state index contributed by atoms with van der Waals surface area (Å²) in [5, 5.41) is 10.3. The van der Waals surface area contributed by atoms with Crippen LogP contribution in [0.2, 0.25) is 20.1 Å². The average molecular weight is 260 g/mol. The zero-order valence-corrected chi connectivity index (χ0v) is 9.64. The maximum atomic E-state index is 9.33. The van der Waals surface area contributed by atoms with Crippen LogP contribution in [-0.4, -0.2) is 5.11 Å². The Labute approximate surface area is 96.2 Å². The number of halogens is 4. The third-order valence-electron chi connectivity index (χ3n) is 1.57. The lowest BCUT2D eigenvalue weighted by atomic mass is 10.1. The third kappa shape index (κ3) is 2.23. The van der Waals surface area contributed by atoms with E-state index in [0.717, 1.165) is 0 Å². The molecule has 5 heteroatoms. The van der Waals surface area contributed by atoms with Crippen LogP contribution in [0.5, 0.6) is 0 Å². The molecule has 0 saturated carbocycles. The van der Waals surface area contributed by atoms with E-state index in [2.05, 4.69) is 0 Å². The second kappa shape index (κ2) is 4.24. The summed E-state index contributed by atoms with van der Waals surface area (Å²) < 4.78 is 0. The van der Waals surface area contributed by atoms with Crippen LogP contribution in [0.1, 0.15) is 18.6 Å². The van der Waals surface area contributed by atoms with Gasteiger partial charge in [-0.25, -0.2) is 0 Å². The van der Waals surface area contributed by atoms with Gasteiger partial charge < -0.3 is 5.11 Å². The summed E-state index contributed by atoms with van der Waals surface area (Å²) in [5.74, 6) is 0. The second-order valence-electron chi connectivity index (χ2n) is 2.56. The first-order valence-electron chi connectivity index (χ1n) is 3.46. The highest BCUT2D eigenvalue weighted by Gasteiger charge is 2.16. The molecule has 0 heterocycles. The quantitative estimate of drug-likeness (QED) is 0.587. The number of hydrogen-bond donors (Lipinski definition) is 1. The molecule has 0 aliphatic heterocycles. The van der Waals surface area contributed by atoms with Gasteiger partial charge in [-0.2, -0.15) is 0 Å². The first kappa shape index (κ1) is 11.4. The van der Waals surface area contributed by atoms with Crippen LogP contribution in [0.15, 0.2) is 6.07 Å². The van der Waals surface area contributed by atoms with E-state index in [4.69, 9.17) is 46.4 Å². The van der Waals surface area contributed by atoms with E-state index in [-0.39, 0.29) is 15.1 Å². The van der Waals surface area contributed by atoms with Gasteiger partial charge in [0.25, 0.3) is 0 Å². The highest BCUT2D eigenvalue weighted by atomic mass is 35.5. The Morgan fingerprint density at radius 2 is 1.62 bits per heavy atom. The van der Waals surface area contributed by atoms with E-state index >= 15 is 0 Å². The molecule has 0 aliphatic rings. The monoisotopic (exact) mass is 258 g/mol. The van der Waals surface area contributed by atoms with Gasteiger partial charge in [0.15, 0.2) is 0 Å². The van der Waals surface area contributed by atoms with Crippen molar-refractivity contribution < 1.29 is 5.11 Å². The van der Waals surface area contributed by atoms with Crippen molar-refractivity contribution >= 4 is 46.4 Å².